The molecule has 0 radical (unpaired) electrons. The van der Waals surface area contributed by atoms with E-state index in [9.17, 15) is 9.90 Å². The average molecular weight is 276 g/mol. The number of hydrogen-bond acceptors (Lipinski definition) is 3. The summed E-state index contributed by atoms with van der Waals surface area (Å²) >= 11 is 0. The Hall–Kier alpha value is -1.55. The van der Waals surface area contributed by atoms with E-state index in [1.807, 2.05) is 0 Å². The molecule has 1 aromatic carbocycles. The Morgan fingerprint density at radius 1 is 1.40 bits per heavy atom. The molecule has 0 saturated heterocycles. The van der Waals surface area contributed by atoms with E-state index in [0.717, 1.165) is 18.5 Å². The van der Waals surface area contributed by atoms with Crippen molar-refractivity contribution in [3.63, 3.8) is 0 Å². The predicted molar refractivity (Wildman–Crippen MR) is 79.4 cm³/mol. The van der Waals surface area contributed by atoms with Crippen molar-refractivity contribution in [2.75, 3.05) is 6.54 Å². The van der Waals surface area contributed by atoms with Gasteiger partial charge in [0.15, 0.2) is 0 Å². The molecule has 0 bridgehead atoms. The van der Waals surface area contributed by atoms with Gasteiger partial charge in [-0.1, -0.05) is 25.5 Å². The van der Waals surface area contributed by atoms with Gasteiger partial charge < -0.3 is 16.2 Å². The molecule has 0 unspecified atom stereocenters. The summed E-state index contributed by atoms with van der Waals surface area (Å²) in [5, 5.41) is 12.2. The molecule has 110 valence electrons. The maximum Gasteiger partial charge on any atom is 0.237 e. The Morgan fingerprint density at radius 2 is 2.05 bits per heavy atom. The van der Waals surface area contributed by atoms with E-state index in [0.29, 0.717) is 11.8 Å². The van der Waals surface area contributed by atoms with Gasteiger partial charge >= 0.3 is 0 Å². The second-order valence-electron chi connectivity index (χ2n) is 5.90. The Balaban J connectivity index is 1.81. The summed E-state index contributed by atoms with van der Waals surface area (Å²) < 4.78 is 0. The fourth-order valence-corrected chi connectivity index (χ4v) is 2.72. The van der Waals surface area contributed by atoms with E-state index in [1.54, 1.807) is 24.3 Å². The number of nitrogens with one attached hydrogen (secondary N) is 1. The summed E-state index contributed by atoms with van der Waals surface area (Å²) in [6.45, 7) is 2.92. The number of carbonyl (C=O) groups excluding carboxylic acids is 1. The molecule has 0 heterocycles. The number of rotatable bonds is 6. The summed E-state index contributed by atoms with van der Waals surface area (Å²) in [6.07, 6.45) is 5.28. The van der Waals surface area contributed by atoms with Gasteiger partial charge in [0, 0.05) is 6.54 Å². The molecule has 0 spiro atoms. The number of hydrogen-bond donors (Lipinski definition) is 3. The highest BCUT2D eigenvalue weighted by Crippen LogP contribution is 2.42. The Kier molecular flexibility index (Phi) is 4.65. The molecule has 1 aliphatic carbocycles. The zero-order valence-electron chi connectivity index (χ0n) is 12.1. The smallest absolute Gasteiger partial charge is 0.237 e. The van der Waals surface area contributed by atoms with E-state index in [4.69, 9.17) is 5.73 Å². The minimum atomic E-state index is -0.534. The molecular weight excluding hydrogens is 252 g/mol. The van der Waals surface area contributed by atoms with Gasteiger partial charge in [-0.2, -0.15) is 0 Å². The van der Waals surface area contributed by atoms with Crippen LogP contribution in [-0.4, -0.2) is 23.6 Å². The van der Waals surface area contributed by atoms with Crippen molar-refractivity contribution in [1.29, 1.82) is 0 Å². The molecule has 4 N–H and O–H groups in total. The summed E-state index contributed by atoms with van der Waals surface area (Å²) in [4.78, 5) is 12.0. The molecule has 1 aliphatic rings. The number of phenols is 1. The first kappa shape index (κ1) is 14.9. The lowest BCUT2D eigenvalue weighted by molar-refractivity contribution is -0.123. The van der Waals surface area contributed by atoms with Crippen LogP contribution in [0.15, 0.2) is 24.3 Å². The van der Waals surface area contributed by atoms with Crippen molar-refractivity contribution >= 4 is 5.91 Å². The fourth-order valence-electron chi connectivity index (χ4n) is 2.72. The number of benzene rings is 1. The van der Waals surface area contributed by atoms with Crippen LogP contribution in [-0.2, 0) is 11.2 Å². The molecule has 1 aromatic rings. The Labute approximate surface area is 120 Å². The summed E-state index contributed by atoms with van der Waals surface area (Å²) in [6, 6.07) is 6.28. The van der Waals surface area contributed by atoms with Gasteiger partial charge in [-0.3, -0.25) is 4.79 Å². The average Bonchev–Trinajstić information content (AvgIpc) is 2.40. The molecule has 0 aromatic heterocycles. The third-order valence-corrected chi connectivity index (χ3v) is 4.53. The van der Waals surface area contributed by atoms with Gasteiger partial charge in [-0.05, 0) is 48.8 Å². The van der Waals surface area contributed by atoms with Gasteiger partial charge in [0.1, 0.15) is 5.75 Å². The molecule has 2 rings (SSSR count). The van der Waals surface area contributed by atoms with Crippen LogP contribution >= 0.6 is 0 Å². The first-order valence-electron chi connectivity index (χ1n) is 7.36. The highest BCUT2D eigenvalue weighted by atomic mass is 16.3. The van der Waals surface area contributed by atoms with Crippen molar-refractivity contribution in [3.05, 3.63) is 29.8 Å². The van der Waals surface area contributed by atoms with E-state index >= 15 is 0 Å². The SMILES string of the molecule is CCC1(CNC(=O)[C@@H](N)Cc2ccc(O)cc2)CCC1. The second kappa shape index (κ2) is 6.27. The van der Waals surface area contributed by atoms with E-state index in [1.165, 1.54) is 19.3 Å². The van der Waals surface area contributed by atoms with Crippen LogP contribution in [0.4, 0.5) is 0 Å². The number of aromatic hydroxyl groups is 1. The zero-order valence-corrected chi connectivity index (χ0v) is 12.1. The molecular formula is C16H24N2O2. The highest BCUT2D eigenvalue weighted by molar-refractivity contribution is 5.81. The number of nitrogens with two attached hydrogens (primary N) is 1. The molecule has 0 aliphatic heterocycles. The lowest BCUT2D eigenvalue weighted by Crippen LogP contribution is -2.48. The van der Waals surface area contributed by atoms with E-state index in [2.05, 4.69) is 12.2 Å². The molecule has 1 amide bonds. The van der Waals surface area contributed by atoms with Crippen LogP contribution < -0.4 is 11.1 Å². The van der Waals surface area contributed by atoms with Crippen LogP contribution in [0.5, 0.6) is 5.75 Å². The first-order chi connectivity index (χ1) is 9.54. The third-order valence-electron chi connectivity index (χ3n) is 4.53. The van der Waals surface area contributed by atoms with E-state index < -0.39 is 6.04 Å². The van der Waals surface area contributed by atoms with Gasteiger partial charge in [0.25, 0.3) is 0 Å². The first-order valence-corrected chi connectivity index (χ1v) is 7.36. The number of amides is 1. The quantitative estimate of drug-likeness (QED) is 0.743. The number of carbonyl (C=O) groups is 1. The topological polar surface area (TPSA) is 75.4 Å². The molecule has 1 saturated carbocycles. The Bertz CT molecular complexity index is 447. The van der Waals surface area contributed by atoms with Gasteiger partial charge in [0.2, 0.25) is 5.91 Å². The van der Waals surface area contributed by atoms with Crippen LogP contribution in [0.1, 0.15) is 38.2 Å². The van der Waals surface area contributed by atoms with Crippen molar-refractivity contribution in [2.45, 2.75) is 45.1 Å². The van der Waals surface area contributed by atoms with Crippen LogP contribution in [0.2, 0.25) is 0 Å². The lowest BCUT2D eigenvalue weighted by Gasteiger charge is -2.41. The summed E-state index contributed by atoms with van der Waals surface area (Å²) in [7, 11) is 0. The maximum absolute atomic E-state index is 12.0. The standard InChI is InChI=1S/C16H24N2O2/c1-2-16(8-3-9-16)11-18-15(20)14(17)10-12-4-6-13(19)7-5-12/h4-7,14,19H,2-3,8-11,17H2,1H3,(H,18,20)/t14-/m0/s1. The van der Waals surface area contributed by atoms with Gasteiger partial charge in [0.05, 0.1) is 6.04 Å². The molecule has 1 fully saturated rings. The molecule has 4 nitrogen and oxygen atoms in total. The largest absolute Gasteiger partial charge is 0.508 e. The summed E-state index contributed by atoms with van der Waals surface area (Å²) in [5.74, 6) is 0.138. The van der Waals surface area contributed by atoms with Crippen molar-refractivity contribution in [1.82, 2.24) is 5.32 Å². The third kappa shape index (κ3) is 3.51. The predicted octanol–water partition coefficient (Wildman–Crippen LogP) is 1.96. The van der Waals surface area contributed by atoms with Crippen LogP contribution in [0, 0.1) is 5.41 Å². The summed E-state index contributed by atoms with van der Waals surface area (Å²) in [5.41, 5.74) is 7.21. The van der Waals surface area contributed by atoms with Crippen LogP contribution in [0.25, 0.3) is 0 Å². The normalized spacial score (nSPS) is 18.1. The van der Waals surface area contributed by atoms with Crippen molar-refractivity contribution < 1.29 is 9.90 Å². The lowest BCUT2D eigenvalue weighted by atomic mass is 9.67. The fraction of sp³-hybridized carbons (Fsp3) is 0.562. The van der Waals surface area contributed by atoms with E-state index in [-0.39, 0.29) is 11.7 Å². The van der Waals surface area contributed by atoms with Gasteiger partial charge in [-0.25, -0.2) is 0 Å². The molecule has 4 heteroatoms. The minimum absolute atomic E-state index is 0.0854. The molecule has 1 atom stereocenters. The monoisotopic (exact) mass is 276 g/mol. The maximum atomic E-state index is 12.0. The van der Waals surface area contributed by atoms with Gasteiger partial charge in [-0.15, -0.1) is 0 Å². The van der Waals surface area contributed by atoms with Crippen LogP contribution in [0.3, 0.4) is 0 Å². The Morgan fingerprint density at radius 3 is 2.55 bits per heavy atom. The minimum Gasteiger partial charge on any atom is -0.508 e. The zero-order chi connectivity index (χ0) is 14.6. The number of phenolic OH excluding ortho intramolecular Hbond substituents is 1. The molecule has 20 heavy (non-hydrogen) atoms. The van der Waals surface area contributed by atoms with Crippen molar-refractivity contribution in [3.8, 4) is 5.75 Å². The van der Waals surface area contributed by atoms with Crippen molar-refractivity contribution in [2.24, 2.45) is 11.1 Å². The second-order valence-corrected chi connectivity index (χ2v) is 5.90. The highest BCUT2D eigenvalue weighted by Gasteiger charge is 2.35.